The molecule has 0 spiro atoms. The average molecular weight is 364 g/mol. The molecule has 2 aliphatic rings. The molecule has 2 aromatic rings. The van der Waals surface area contributed by atoms with Gasteiger partial charge in [0.2, 0.25) is 0 Å². The zero-order valence-corrected chi connectivity index (χ0v) is 16.8. The largest absolute Gasteiger partial charge is 0.489 e. The Morgan fingerprint density at radius 1 is 0.889 bits per heavy atom. The summed E-state index contributed by atoms with van der Waals surface area (Å²) in [6, 6.07) is 13.4. The minimum absolute atomic E-state index is 0.0761. The van der Waals surface area contributed by atoms with Crippen LogP contribution in [-0.2, 0) is 18.4 Å². The minimum atomic E-state index is -0.0761. The fourth-order valence-corrected chi connectivity index (χ4v) is 3.93. The number of aryl methyl sites for hydroxylation is 1. The molecule has 0 N–H and O–H groups in total. The molecular formula is C24H29NO2. The van der Waals surface area contributed by atoms with E-state index in [2.05, 4.69) is 75.2 Å². The maximum atomic E-state index is 5.96. The van der Waals surface area contributed by atoms with Gasteiger partial charge in [-0.15, -0.1) is 0 Å². The molecule has 0 bridgehead atoms. The van der Waals surface area contributed by atoms with Crippen molar-refractivity contribution in [3.8, 4) is 11.5 Å². The van der Waals surface area contributed by atoms with Gasteiger partial charge in [0.05, 0.1) is 0 Å². The monoisotopic (exact) mass is 363 g/mol. The van der Waals surface area contributed by atoms with Crippen molar-refractivity contribution in [2.45, 2.75) is 45.6 Å². The molecule has 3 nitrogen and oxygen atoms in total. The normalized spacial score (nSPS) is 17.6. The number of benzene rings is 2. The molecule has 0 radical (unpaired) electrons. The number of allylic oxidation sites excluding steroid dienone is 1. The molecule has 0 unspecified atom stereocenters. The Hall–Kier alpha value is -2.26. The summed E-state index contributed by atoms with van der Waals surface area (Å²) in [5.41, 5.74) is 6.57. The molecule has 4 rings (SSSR count). The second kappa shape index (κ2) is 7.05. The fraction of sp³-hybridized carbons (Fsp3) is 0.417. The SMILES string of the molecule is CC1=CCOc2ccc(C(C)(C)c3ccc4c(c3)CN(C)CO4)cc2CC1. The predicted molar refractivity (Wildman–Crippen MR) is 110 cm³/mol. The molecule has 3 heteroatoms. The van der Waals surface area contributed by atoms with Crippen molar-refractivity contribution >= 4 is 0 Å². The Morgan fingerprint density at radius 2 is 1.56 bits per heavy atom. The van der Waals surface area contributed by atoms with Crippen LogP contribution in [0.4, 0.5) is 0 Å². The van der Waals surface area contributed by atoms with Crippen molar-refractivity contribution in [3.05, 3.63) is 70.3 Å². The first kappa shape index (κ1) is 18.1. The molecule has 27 heavy (non-hydrogen) atoms. The highest BCUT2D eigenvalue weighted by molar-refractivity contribution is 5.48. The van der Waals surface area contributed by atoms with E-state index in [0.29, 0.717) is 13.3 Å². The van der Waals surface area contributed by atoms with E-state index in [4.69, 9.17) is 9.47 Å². The maximum Gasteiger partial charge on any atom is 0.142 e. The van der Waals surface area contributed by atoms with Gasteiger partial charge in [-0.2, -0.15) is 0 Å². The Balaban J connectivity index is 1.67. The number of nitrogens with zero attached hydrogens (tertiary/aromatic N) is 1. The van der Waals surface area contributed by atoms with Gasteiger partial charge in [0.1, 0.15) is 24.8 Å². The number of hydrogen-bond acceptors (Lipinski definition) is 3. The smallest absolute Gasteiger partial charge is 0.142 e. The average Bonchev–Trinajstić information content (AvgIpc) is 2.64. The van der Waals surface area contributed by atoms with Crippen molar-refractivity contribution < 1.29 is 9.47 Å². The molecule has 0 amide bonds. The van der Waals surface area contributed by atoms with Gasteiger partial charge in [0.25, 0.3) is 0 Å². The molecular weight excluding hydrogens is 334 g/mol. The lowest BCUT2D eigenvalue weighted by molar-refractivity contribution is 0.121. The van der Waals surface area contributed by atoms with Gasteiger partial charge in [-0.3, -0.25) is 4.90 Å². The van der Waals surface area contributed by atoms with Crippen molar-refractivity contribution in [1.29, 1.82) is 0 Å². The Morgan fingerprint density at radius 3 is 2.30 bits per heavy atom. The highest BCUT2D eigenvalue weighted by atomic mass is 16.5. The molecule has 142 valence electrons. The minimum Gasteiger partial charge on any atom is -0.489 e. The molecule has 0 saturated carbocycles. The van der Waals surface area contributed by atoms with Crippen LogP contribution < -0.4 is 9.47 Å². The fourth-order valence-electron chi connectivity index (χ4n) is 3.93. The number of rotatable bonds is 2. The Bertz CT molecular complexity index is 882. The van der Waals surface area contributed by atoms with Gasteiger partial charge in [0.15, 0.2) is 0 Å². The summed E-state index contributed by atoms with van der Waals surface area (Å²) >= 11 is 0. The van der Waals surface area contributed by atoms with Crippen LogP contribution >= 0.6 is 0 Å². The van der Waals surface area contributed by atoms with Crippen LogP contribution in [-0.4, -0.2) is 25.3 Å². The van der Waals surface area contributed by atoms with E-state index in [-0.39, 0.29) is 5.41 Å². The summed E-state index contributed by atoms with van der Waals surface area (Å²) in [5, 5.41) is 0. The van der Waals surface area contributed by atoms with Crippen LogP contribution in [0, 0.1) is 0 Å². The van der Waals surface area contributed by atoms with E-state index in [1.54, 1.807) is 0 Å². The summed E-state index contributed by atoms with van der Waals surface area (Å²) in [7, 11) is 2.09. The number of fused-ring (bicyclic) bond motifs is 2. The zero-order chi connectivity index (χ0) is 19.0. The van der Waals surface area contributed by atoms with Gasteiger partial charge in [-0.05, 0) is 67.8 Å². The quantitative estimate of drug-likeness (QED) is 0.696. The summed E-state index contributed by atoms with van der Waals surface area (Å²) in [6.45, 7) is 9.06. The highest BCUT2D eigenvalue weighted by Crippen LogP contribution is 2.37. The van der Waals surface area contributed by atoms with Gasteiger partial charge < -0.3 is 9.47 Å². The first-order valence-corrected chi connectivity index (χ1v) is 9.80. The maximum absolute atomic E-state index is 5.96. The van der Waals surface area contributed by atoms with E-state index in [1.807, 2.05) is 0 Å². The van der Waals surface area contributed by atoms with Crippen LogP contribution in [0.5, 0.6) is 11.5 Å². The van der Waals surface area contributed by atoms with Crippen LogP contribution in [0.1, 0.15) is 49.4 Å². The van der Waals surface area contributed by atoms with E-state index >= 15 is 0 Å². The lowest BCUT2D eigenvalue weighted by atomic mass is 9.76. The second-order valence-corrected chi connectivity index (χ2v) is 8.42. The first-order valence-electron chi connectivity index (χ1n) is 9.80. The molecule has 0 aliphatic carbocycles. The van der Waals surface area contributed by atoms with Crippen molar-refractivity contribution in [3.63, 3.8) is 0 Å². The molecule has 0 aromatic heterocycles. The highest BCUT2D eigenvalue weighted by Gasteiger charge is 2.26. The van der Waals surface area contributed by atoms with Gasteiger partial charge in [0, 0.05) is 17.5 Å². The molecule has 0 fully saturated rings. The molecule has 0 atom stereocenters. The summed E-state index contributed by atoms with van der Waals surface area (Å²) < 4.78 is 11.8. The summed E-state index contributed by atoms with van der Waals surface area (Å²) in [4.78, 5) is 2.19. The molecule has 2 heterocycles. The third-order valence-electron chi connectivity index (χ3n) is 5.90. The van der Waals surface area contributed by atoms with E-state index in [1.165, 1.54) is 27.8 Å². The van der Waals surface area contributed by atoms with Gasteiger partial charge >= 0.3 is 0 Å². The van der Waals surface area contributed by atoms with Crippen LogP contribution in [0.3, 0.4) is 0 Å². The second-order valence-electron chi connectivity index (χ2n) is 8.42. The van der Waals surface area contributed by atoms with Crippen LogP contribution in [0.25, 0.3) is 0 Å². The molecule has 2 aromatic carbocycles. The zero-order valence-electron chi connectivity index (χ0n) is 16.8. The Kier molecular flexibility index (Phi) is 4.73. The summed E-state index contributed by atoms with van der Waals surface area (Å²) in [5.74, 6) is 2.04. The first-order chi connectivity index (χ1) is 12.9. The Labute approximate surface area is 162 Å². The lowest BCUT2D eigenvalue weighted by Crippen LogP contribution is -2.29. The molecule has 2 aliphatic heterocycles. The van der Waals surface area contributed by atoms with Crippen molar-refractivity contribution in [2.24, 2.45) is 0 Å². The number of ether oxygens (including phenoxy) is 2. The predicted octanol–water partition coefficient (Wildman–Crippen LogP) is 5.07. The third kappa shape index (κ3) is 3.61. The van der Waals surface area contributed by atoms with Crippen LogP contribution in [0.2, 0.25) is 0 Å². The van der Waals surface area contributed by atoms with E-state index in [9.17, 15) is 0 Å². The van der Waals surface area contributed by atoms with Crippen LogP contribution in [0.15, 0.2) is 48.0 Å². The van der Waals surface area contributed by atoms with Gasteiger partial charge in [-0.1, -0.05) is 37.6 Å². The van der Waals surface area contributed by atoms with Crippen molar-refractivity contribution in [2.75, 3.05) is 20.4 Å². The topological polar surface area (TPSA) is 21.7 Å². The lowest BCUT2D eigenvalue weighted by Gasteiger charge is -2.31. The summed E-state index contributed by atoms with van der Waals surface area (Å²) in [6.07, 6.45) is 4.32. The third-order valence-corrected chi connectivity index (χ3v) is 5.90. The standard InChI is InChI=1S/C24H29NO2/c1-17-5-6-18-13-20(7-9-22(18)26-12-11-17)24(2,3)21-8-10-23-19(14-21)15-25(4)16-27-23/h7-11,13-14H,5-6,12,15-16H2,1-4H3. The number of hydrogen-bond donors (Lipinski definition) is 0. The van der Waals surface area contributed by atoms with E-state index < -0.39 is 0 Å². The van der Waals surface area contributed by atoms with E-state index in [0.717, 1.165) is 30.9 Å². The van der Waals surface area contributed by atoms with Gasteiger partial charge in [-0.25, -0.2) is 0 Å². The molecule has 0 saturated heterocycles. The van der Waals surface area contributed by atoms with Crippen molar-refractivity contribution in [1.82, 2.24) is 4.90 Å².